The summed E-state index contributed by atoms with van der Waals surface area (Å²) in [5.74, 6) is 3.28. The summed E-state index contributed by atoms with van der Waals surface area (Å²) in [5.41, 5.74) is 7.57. The van der Waals surface area contributed by atoms with Crippen LogP contribution in [0.2, 0.25) is 0 Å². The summed E-state index contributed by atoms with van der Waals surface area (Å²) >= 11 is 0. The van der Waals surface area contributed by atoms with E-state index in [2.05, 4.69) is 51.1 Å². The molecule has 164 valence electrons. The Morgan fingerprint density at radius 2 is 1.19 bits per heavy atom. The summed E-state index contributed by atoms with van der Waals surface area (Å²) in [7, 11) is 6.80. The zero-order valence-corrected chi connectivity index (χ0v) is 19.6. The molecule has 0 spiro atoms. The molecule has 0 saturated heterocycles. The van der Waals surface area contributed by atoms with Crippen LogP contribution < -0.4 is 18.9 Å². The van der Waals surface area contributed by atoms with E-state index in [0.29, 0.717) is 0 Å². The fourth-order valence-electron chi connectivity index (χ4n) is 4.16. The van der Waals surface area contributed by atoms with Crippen LogP contribution in [0.25, 0.3) is 22.3 Å². The van der Waals surface area contributed by atoms with Crippen LogP contribution in [0.15, 0.2) is 42.5 Å². The van der Waals surface area contributed by atoms with Gasteiger partial charge < -0.3 is 18.9 Å². The Morgan fingerprint density at radius 3 is 1.68 bits per heavy atom. The molecule has 3 aromatic carbocycles. The minimum absolute atomic E-state index is 0.751. The van der Waals surface area contributed by atoms with Crippen LogP contribution in [0.5, 0.6) is 23.0 Å². The molecule has 0 fully saturated rings. The van der Waals surface area contributed by atoms with Crippen molar-refractivity contribution in [2.45, 2.75) is 33.6 Å². The number of ether oxygens (including phenoxy) is 4. The number of hydrogen-bond acceptors (Lipinski definition) is 4. The van der Waals surface area contributed by atoms with Gasteiger partial charge in [-0.25, -0.2) is 0 Å². The van der Waals surface area contributed by atoms with Gasteiger partial charge in [0.05, 0.1) is 28.4 Å². The largest absolute Gasteiger partial charge is 0.496 e. The fourth-order valence-corrected chi connectivity index (χ4v) is 4.16. The molecule has 0 aromatic heterocycles. The van der Waals surface area contributed by atoms with E-state index >= 15 is 0 Å². The lowest BCUT2D eigenvalue weighted by atomic mass is 9.89. The lowest BCUT2D eigenvalue weighted by Crippen LogP contribution is -2.01. The molecular weight excluding hydrogens is 388 g/mol. The maximum atomic E-state index is 5.96. The Bertz CT molecular complexity index is 1070. The van der Waals surface area contributed by atoms with E-state index in [-0.39, 0.29) is 0 Å². The minimum Gasteiger partial charge on any atom is -0.496 e. The number of hydrogen-bond donors (Lipinski definition) is 0. The highest BCUT2D eigenvalue weighted by atomic mass is 16.5. The van der Waals surface area contributed by atoms with E-state index in [1.807, 2.05) is 12.1 Å². The molecule has 0 aliphatic rings. The maximum Gasteiger partial charge on any atom is 0.169 e. The van der Waals surface area contributed by atoms with Crippen molar-refractivity contribution < 1.29 is 18.9 Å². The van der Waals surface area contributed by atoms with Crippen LogP contribution in [-0.2, 0) is 6.42 Å². The summed E-state index contributed by atoms with van der Waals surface area (Å²) in [5, 5.41) is 0. The third-order valence-electron chi connectivity index (χ3n) is 5.63. The minimum atomic E-state index is 0.751. The maximum absolute atomic E-state index is 5.96. The molecule has 0 saturated carbocycles. The van der Waals surface area contributed by atoms with E-state index in [9.17, 15) is 0 Å². The number of aryl methyl sites for hydroxylation is 3. The summed E-state index contributed by atoms with van der Waals surface area (Å²) in [6, 6.07) is 14.7. The molecule has 4 nitrogen and oxygen atoms in total. The average molecular weight is 421 g/mol. The van der Waals surface area contributed by atoms with Crippen molar-refractivity contribution in [2.75, 3.05) is 28.4 Å². The van der Waals surface area contributed by atoms with Gasteiger partial charge in [-0.2, -0.15) is 0 Å². The first-order valence-electron chi connectivity index (χ1n) is 10.6. The summed E-state index contributed by atoms with van der Waals surface area (Å²) in [6.07, 6.45) is 1.92. The van der Waals surface area contributed by atoms with Gasteiger partial charge in [0.15, 0.2) is 11.5 Å². The van der Waals surface area contributed by atoms with Crippen molar-refractivity contribution in [1.29, 1.82) is 0 Å². The normalized spacial score (nSPS) is 10.7. The molecule has 31 heavy (non-hydrogen) atoms. The Balaban J connectivity index is 2.38. The standard InChI is InChI=1S/C27H32O4/c1-8-9-21-16-22(19-10-12-23(28-4)17(2)14-19)25(27(31-7)26(21)30-6)20-11-13-24(29-5)18(3)15-20/h10-16H,8-9H2,1-7H3. The van der Waals surface area contributed by atoms with Crippen LogP contribution in [0.4, 0.5) is 0 Å². The predicted octanol–water partition coefficient (Wildman–Crippen LogP) is 6.62. The van der Waals surface area contributed by atoms with Crippen LogP contribution in [0, 0.1) is 13.8 Å². The first kappa shape index (κ1) is 22.5. The van der Waals surface area contributed by atoms with E-state index in [1.54, 1.807) is 28.4 Å². The molecule has 3 rings (SSSR count). The van der Waals surface area contributed by atoms with Gasteiger partial charge in [-0.1, -0.05) is 25.5 Å². The van der Waals surface area contributed by atoms with Crippen molar-refractivity contribution in [1.82, 2.24) is 0 Å². The van der Waals surface area contributed by atoms with E-state index in [0.717, 1.165) is 74.8 Å². The monoisotopic (exact) mass is 420 g/mol. The summed E-state index contributed by atoms with van der Waals surface area (Å²) in [4.78, 5) is 0. The Hall–Kier alpha value is -3.14. The van der Waals surface area contributed by atoms with Crippen molar-refractivity contribution in [3.63, 3.8) is 0 Å². The summed E-state index contributed by atoms with van der Waals surface area (Å²) in [6.45, 7) is 6.28. The molecule has 0 aliphatic heterocycles. The molecule has 0 amide bonds. The highest BCUT2D eigenvalue weighted by Crippen LogP contribution is 2.48. The third kappa shape index (κ3) is 4.34. The lowest BCUT2D eigenvalue weighted by molar-refractivity contribution is 0.353. The smallest absolute Gasteiger partial charge is 0.169 e. The van der Waals surface area contributed by atoms with Crippen molar-refractivity contribution in [3.05, 3.63) is 59.2 Å². The van der Waals surface area contributed by atoms with Crippen molar-refractivity contribution >= 4 is 0 Å². The Kier molecular flexibility index (Phi) is 7.11. The van der Waals surface area contributed by atoms with Crippen molar-refractivity contribution in [2.24, 2.45) is 0 Å². The van der Waals surface area contributed by atoms with Gasteiger partial charge in [-0.3, -0.25) is 0 Å². The van der Waals surface area contributed by atoms with E-state index in [4.69, 9.17) is 18.9 Å². The van der Waals surface area contributed by atoms with Gasteiger partial charge in [0.1, 0.15) is 11.5 Å². The second kappa shape index (κ2) is 9.78. The Labute approximate surface area is 185 Å². The molecule has 4 heteroatoms. The number of methoxy groups -OCH3 is 4. The van der Waals surface area contributed by atoms with Crippen LogP contribution in [0.1, 0.15) is 30.0 Å². The third-order valence-corrected chi connectivity index (χ3v) is 5.63. The topological polar surface area (TPSA) is 36.9 Å². The van der Waals surface area contributed by atoms with Crippen molar-refractivity contribution in [3.8, 4) is 45.3 Å². The van der Waals surface area contributed by atoms with Gasteiger partial charge in [-0.05, 0) is 84.0 Å². The zero-order chi connectivity index (χ0) is 22.5. The predicted molar refractivity (Wildman–Crippen MR) is 127 cm³/mol. The molecule has 0 radical (unpaired) electrons. The van der Waals surface area contributed by atoms with E-state index < -0.39 is 0 Å². The first-order valence-corrected chi connectivity index (χ1v) is 10.6. The highest BCUT2D eigenvalue weighted by Gasteiger charge is 2.22. The molecular formula is C27H32O4. The second-order valence-corrected chi connectivity index (χ2v) is 7.64. The summed E-state index contributed by atoms with van der Waals surface area (Å²) < 4.78 is 22.8. The van der Waals surface area contributed by atoms with Gasteiger partial charge in [0.2, 0.25) is 0 Å². The molecule has 0 atom stereocenters. The average Bonchev–Trinajstić information content (AvgIpc) is 2.78. The molecule has 0 bridgehead atoms. The van der Waals surface area contributed by atoms with Crippen LogP contribution in [-0.4, -0.2) is 28.4 Å². The second-order valence-electron chi connectivity index (χ2n) is 7.64. The molecule has 0 unspecified atom stereocenters. The number of rotatable bonds is 8. The molecule has 3 aromatic rings. The molecule has 0 N–H and O–H groups in total. The quantitative estimate of drug-likeness (QED) is 0.410. The van der Waals surface area contributed by atoms with Gasteiger partial charge in [-0.15, -0.1) is 0 Å². The lowest BCUT2D eigenvalue weighted by Gasteiger charge is -2.22. The van der Waals surface area contributed by atoms with Gasteiger partial charge >= 0.3 is 0 Å². The van der Waals surface area contributed by atoms with Gasteiger partial charge in [0, 0.05) is 5.56 Å². The Morgan fingerprint density at radius 1 is 0.645 bits per heavy atom. The molecule has 0 heterocycles. The van der Waals surface area contributed by atoms with Crippen LogP contribution in [0.3, 0.4) is 0 Å². The van der Waals surface area contributed by atoms with Gasteiger partial charge in [0.25, 0.3) is 0 Å². The highest BCUT2D eigenvalue weighted by molar-refractivity contribution is 5.91. The fraction of sp³-hybridized carbons (Fsp3) is 0.333. The van der Waals surface area contributed by atoms with E-state index in [1.165, 1.54) is 0 Å². The van der Waals surface area contributed by atoms with Crippen LogP contribution >= 0.6 is 0 Å². The first-order chi connectivity index (χ1) is 15.0. The zero-order valence-electron chi connectivity index (χ0n) is 19.6. The molecule has 0 aliphatic carbocycles. The SMILES string of the molecule is CCCc1cc(-c2ccc(OC)c(C)c2)c(-c2ccc(OC)c(C)c2)c(OC)c1OC. The number of benzene rings is 3.